The van der Waals surface area contributed by atoms with Gasteiger partial charge in [-0.2, -0.15) is 0 Å². The summed E-state index contributed by atoms with van der Waals surface area (Å²) >= 11 is 3.27. The van der Waals surface area contributed by atoms with E-state index in [1.165, 1.54) is 0 Å². The second kappa shape index (κ2) is 4.41. The van der Waals surface area contributed by atoms with Gasteiger partial charge in [0.1, 0.15) is 12.4 Å². The molecule has 1 atom stereocenters. The van der Waals surface area contributed by atoms with Crippen LogP contribution in [-0.4, -0.2) is 30.6 Å². The fourth-order valence-corrected chi connectivity index (χ4v) is 2.04. The van der Waals surface area contributed by atoms with E-state index in [9.17, 15) is 5.11 Å². The Bertz CT molecular complexity index is 356. The molecule has 0 aromatic heterocycles. The third kappa shape index (κ3) is 2.11. The number of hydrogen-bond acceptors (Lipinski definition) is 3. The summed E-state index contributed by atoms with van der Waals surface area (Å²) in [4.78, 5) is 2.14. The van der Waals surface area contributed by atoms with Crippen LogP contribution < -0.4 is 9.64 Å². The van der Waals surface area contributed by atoms with Crippen molar-refractivity contribution < 1.29 is 9.84 Å². The summed E-state index contributed by atoms with van der Waals surface area (Å²) in [7, 11) is 2.03. The molecule has 1 aromatic carbocycles. The quantitative estimate of drug-likeness (QED) is 0.835. The third-order valence-electron chi connectivity index (χ3n) is 2.61. The first-order valence-electron chi connectivity index (χ1n) is 4.94. The number of anilines is 1. The number of rotatable bonds is 2. The minimum Gasteiger partial charge on any atom is -0.490 e. The maximum Gasteiger partial charge on any atom is 0.142 e. The Morgan fingerprint density at radius 1 is 1.60 bits per heavy atom. The lowest BCUT2D eigenvalue weighted by Gasteiger charge is -2.28. The maximum atomic E-state index is 9.71. The molecule has 1 heterocycles. The van der Waals surface area contributed by atoms with Gasteiger partial charge in [0.05, 0.1) is 18.3 Å². The lowest BCUT2D eigenvalue weighted by molar-refractivity contribution is 0.205. The number of fused-ring (bicyclic) bond motifs is 1. The Morgan fingerprint density at radius 2 is 2.40 bits per heavy atom. The van der Waals surface area contributed by atoms with E-state index >= 15 is 0 Å². The molecule has 82 valence electrons. The maximum absolute atomic E-state index is 9.71. The van der Waals surface area contributed by atoms with Gasteiger partial charge >= 0.3 is 0 Å². The number of nitrogens with zero attached hydrogens (tertiary/aromatic N) is 1. The SMILES string of the molecule is CN1CCOc2ccc(C(O)CBr)cc21. The smallest absolute Gasteiger partial charge is 0.142 e. The molecular formula is C11H14BrNO2. The van der Waals surface area contributed by atoms with Gasteiger partial charge in [-0.15, -0.1) is 0 Å². The van der Waals surface area contributed by atoms with Crippen LogP contribution in [0.3, 0.4) is 0 Å². The minimum atomic E-state index is -0.453. The first-order valence-corrected chi connectivity index (χ1v) is 6.06. The first kappa shape index (κ1) is 10.8. The van der Waals surface area contributed by atoms with Crippen LogP contribution in [-0.2, 0) is 0 Å². The van der Waals surface area contributed by atoms with Crippen molar-refractivity contribution in [2.45, 2.75) is 6.10 Å². The summed E-state index contributed by atoms with van der Waals surface area (Å²) in [6.07, 6.45) is -0.453. The minimum absolute atomic E-state index is 0.453. The van der Waals surface area contributed by atoms with Crippen molar-refractivity contribution in [3.05, 3.63) is 23.8 Å². The molecule has 0 saturated heterocycles. The Morgan fingerprint density at radius 3 is 3.13 bits per heavy atom. The number of likely N-dealkylation sites (N-methyl/N-ethyl adjacent to an activating group) is 1. The van der Waals surface area contributed by atoms with E-state index in [0.29, 0.717) is 5.33 Å². The normalized spacial score (nSPS) is 16.9. The van der Waals surface area contributed by atoms with E-state index in [0.717, 1.165) is 30.2 Å². The largest absolute Gasteiger partial charge is 0.490 e. The zero-order chi connectivity index (χ0) is 10.8. The summed E-state index contributed by atoms with van der Waals surface area (Å²) in [6, 6.07) is 5.82. The van der Waals surface area contributed by atoms with Crippen molar-refractivity contribution >= 4 is 21.6 Å². The summed E-state index contributed by atoms with van der Waals surface area (Å²) in [6.45, 7) is 1.62. The van der Waals surface area contributed by atoms with Crippen LogP contribution in [0, 0.1) is 0 Å². The second-order valence-electron chi connectivity index (χ2n) is 3.67. The molecule has 3 nitrogen and oxygen atoms in total. The lowest BCUT2D eigenvalue weighted by atomic mass is 10.1. The average molecular weight is 272 g/mol. The number of ether oxygens (including phenoxy) is 1. The molecule has 0 spiro atoms. The summed E-state index contributed by atoms with van der Waals surface area (Å²) in [5.41, 5.74) is 1.97. The molecule has 0 saturated carbocycles. The van der Waals surface area contributed by atoms with Gasteiger partial charge in [-0.1, -0.05) is 22.0 Å². The van der Waals surface area contributed by atoms with Crippen LogP contribution in [0.5, 0.6) is 5.75 Å². The Hall–Kier alpha value is -0.740. The van der Waals surface area contributed by atoms with E-state index in [-0.39, 0.29) is 0 Å². The fourth-order valence-electron chi connectivity index (χ4n) is 1.66. The van der Waals surface area contributed by atoms with Gasteiger partial charge in [0.25, 0.3) is 0 Å². The van der Waals surface area contributed by atoms with Gasteiger partial charge in [0, 0.05) is 12.4 Å². The molecule has 1 N–H and O–H groups in total. The topological polar surface area (TPSA) is 32.7 Å². The van der Waals surface area contributed by atoms with Crippen LogP contribution in [0.4, 0.5) is 5.69 Å². The Labute approximate surface area is 97.8 Å². The van der Waals surface area contributed by atoms with Crippen molar-refractivity contribution in [2.24, 2.45) is 0 Å². The summed E-state index contributed by atoms with van der Waals surface area (Å²) in [5, 5.41) is 10.3. The lowest BCUT2D eigenvalue weighted by Crippen LogP contribution is -2.28. The molecule has 0 bridgehead atoms. The Kier molecular flexibility index (Phi) is 3.17. The molecule has 1 aliphatic rings. The standard InChI is InChI=1S/C11H14BrNO2/c1-13-4-5-15-11-3-2-8(6-9(11)13)10(14)7-12/h2-3,6,10,14H,4-5,7H2,1H3. The van der Waals surface area contributed by atoms with Gasteiger partial charge in [-0.05, 0) is 17.7 Å². The predicted molar refractivity (Wildman–Crippen MR) is 64.0 cm³/mol. The summed E-state index contributed by atoms with van der Waals surface area (Å²) < 4.78 is 5.53. The number of halogens is 1. The highest BCUT2D eigenvalue weighted by Crippen LogP contribution is 2.33. The third-order valence-corrected chi connectivity index (χ3v) is 3.22. The number of hydrogen-bond donors (Lipinski definition) is 1. The van der Waals surface area contributed by atoms with E-state index in [1.54, 1.807) is 0 Å². The number of aliphatic hydroxyl groups excluding tert-OH is 1. The molecule has 4 heteroatoms. The highest BCUT2D eigenvalue weighted by Gasteiger charge is 2.16. The second-order valence-corrected chi connectivity index (χ2v) is 4.31. The molecule has 1 aromatic rings. The van der Waals surface area contributed by atoms with Gasteiger partial charge < -0.3 is 14.7 Å². The average Bonchev–Trinajstić information content (AvgIpc) is 2.28. The number of alkyl halides is 1. The molecule has 15 heavy (non-hydrogen) atoms. The van der Waals surface area contributed by atoms with E-state index in [2.05, 4.69) is 20.8 Å². The van der Waals surface area contributed by atoms with Gasteiger partial charge in [-0.3, -0.25) is 0 Å². The van der Waals surface area contributed by atoms with Crippen molar-refractivity contribution in [2.75, 3.05) is 30.4 Å². The van der Waals surface area contributed by atoms with Gasteiger partial charge in [0.15, 0.2) is 0 Å². The van der Waals surface area contributed by atoms with Crippen molar-refractivity contribution in [1.82, 2.24) is 0 Å². The van der Waals surface area contributed by atoms with E-state index < -0.39 is 6.10 Å². The first-order chi connectivity index (χ1) is 7.22. The van der Waals surface area contributed by atoms with Gasteiger partial charge in [-0.25, -0.2) is 0 Å². The van der Waals surface area contributed by atoms with Crippen LogP contribution in [0.1, 0.15) is 11.7 Å². The van der Waals surface area contributed by atoms with E-state index in [1.807, 2.05) is 25.2 Å². The molecule has 2 rings (SSSR count). The molecule has 1 unspecified atom stereocenters. The predicted octanol–water partition coefficient (Wildman–Crippen LogP) is 1.94. The van der Waals surface area contributed by atoms with Crippen molar-refractivity contribution in [3.63, 3.8) is 0 Å². The van der Waals surface area contributed by atoms with Crippen molar-refractivity contribution in [1.29, 1.82) is 0 Å². The van der Waals surface area contributed by atoms with Crippen LogP contribution in [0.15, 0.2) is 18.2 Å². The summed E-state index contributed by atoms with van der Waals surface area (Å²) in [5.74, 6) is 0.897. The van der Waals surface area contributed by atoms with Crippen molar-refractivity contribution in [3.8, 4) is 5.75 Å². The zero-order valence-corrected chi connectivity index (χ0v) is 10.2. The molecule has 1 aliphatic heterocycles. The number of aliphatic hydroxyl groups is 1. The molecular weight excluding hydrogens is 258 g/mol. The number of benzene rings is 1. The Balaban J connectivity index is 2.35. The van der Waals surface area contributed by atoms with Gasteiger partial charge in [0.2, 0.25) is 0 Å². The van der Waals surface area contributed by atoms with Crippen LogP contribution in [0.25, 0.3) is 0 Å². The van der Waals surface area contributed by atoms with Crippen LogP contribution in [0.2, 0.25) is 0 Å². The monoisotopic (exact) mass is 271 g/mol. The molecule has 0 radical (unpaired) electrons. The highest BCUT2D eigenvalue weighted by molar-refractivity contribution is 9.09. The fraction of sp³-hybridized carbons (Fsp3) is 0.455. The molecule has 0 amide bonds. The zero-order valence-electron chi connectivity index (χ0n) is 8.61. The van der Waals surface area contributed by atoms with Crippen LogP contribution >= 0.6 is 15.9 Å². The molecule has 0 aliphatic carbocycles. The molecule has 0 fully saturated rings. The highest BCUT2D eigenvalue weighted by atomic mass is 79.9. The van der Waals surface area contributed by atoms with E-state index in [4.69, 9.17) is 4.74 Å².